The average molecular weight is 240 g/mol. The van der Waals surface area contributed by atoms with Crippen molar-refractivity contribution >= 4 is 17.7 Å². The maximum absolute atomic E-state index is 10.6. The Bertz CT molecular complexity index is 333. The molecule has 0 aliphatic carbocycles. The van der Waals surface area contributed by atoms with Gasteiger partial charge < -0.3 is 9.84 Å². The minimum absolute atomic E-state index is 0.281. The van der Waals surface area contributed by atoms with Crippen molar-refractivity contribution in [1.82, 2.24) is 0 Å². The molecular weight excluding hydrogens is 224 g/mol. The van der Waals surface area contributed by atoms with E-state index in [1.54, 1.807) is 24.3 Å². The summed E-state index contributed by atoms with van der Waals surface area (Å²) in [5, 5.41) is 9.32. The van der Waals surface area contributed by atoms with Crippen LogP contribution in [-0.4, -0.2) is 28.7 Å². The normalized spacial score (nSPS) is 10.4. The van der Waals surface area contributed by atoms with Gasteiger partial charge >= 0.3 is 5.97 Å². The first-order chi connectivity index (χ1) is 7.59. The Morgan fingerprint density at radius 3 is 2.50 bits per heavy atom. The molecule has 0 amide bonds. The SMILES string of the molecule is CC(C)SCCOc1ccc(C(=O)O)cc1. The highest BCUT2D eigenvalue weighted by molar-refractivity contribution is 7.99. The van der Waals surface area contributed by atoms with Crippen LogP contribution in [0.3, 0.4) is 0 Å². The van der Waals surface area contributed by atoms with Gasteiger partial charge in [-0.2, -0.15) is 11.8 Å². The first kappa shape index (κ1) is 12.9. The summed E-state index contributed by atoms with van der Waals surface area (Å²) in [7, 11) is 0. The highest BCUT2D eigenvalue weighted by Crippen LogP contribution is 2.14. The fourth-order valence-electron chi connectivity index (χ4n) is 1.14. The lowest BCUT2D eigenvalue weighted by molar-refractivity contribution is 0.0697. The van der Waals surface area contributed by atoms with Crippen LogP contribution in [0.2, 0.25) is 0 Å². The van der Waals surface area contributed by atoms with Crippen molar-refractivity contribution in [2.45, 2.75) is 19.1 Å². The monoisotopic (exact) mass is 240 g/mol. The molecule has 4 heteroatoms. The minimum atomic E-state index is -0.915. The van der Waals surface area contributed by atoms with Crippen molar-refractivity contribution in [3.63, 3.8) is 0 Å². The second-order valence-electron chi connectivity index (χ2n) is 3.60. The minimum Gasteiger partial charge on any atom is -0.493 e. The summed E-state index contributed by atoms with van der Waals surface area (Å²) in [5.41, 5.74) is 0.281. The molecule has 0 aliphatic heterocycles. The summed E-state index contributed by atoms with van der Waals surface area (Å²) in [6.45, 7) is 4.94. The molecule has 88 valence electrons. The zero-order valence-electron chi connectivity index (χ0n) is 9.47. The van der Waals surface area contributed by atoms with Crippen LogP contribution >= 0.6 is 11.8 Å². The van der Waals surface area contributed by atoms with Crippen LogP contribution in [0.1, 0.15) is 24.2 Å². The number of hydrogen-bond donors (Lipinski definition) is 1. The van der Waals surface area contributed by atoms with E-state index in [9.17, 15) is 4.79 Å². The number of aromatic carboxylic acids is 1. The Balaban J connectivity index is 2.35. The molecule has 0 fully saturated rings. The average Bonchev–Trinajstić information content (AvgIpc) is 2.25. The van der Waals surface area contributed by atoms with Gasteiger partial charge in [0, 0.05) is 5.75 Å². The quantitative estimate of drug-likeness (QED) is 0.777. The fraction of sp³-hybridized carbons (Fsp3) is 0.417. The molecule has 0 aliphatic rings. The van der Waals surface area contributed by atoms with Crippen molar-refractivity contribution < 1.29 is 14.6 Å². The second-order valence-corrected chi connectivity index (χ2v) is 5.28. The molecule has 0 aromatic heterocycles. The highest BCUT2D eigenvalue weighted by atomic mass is 32.2. The third-order valence-electron chi connectivity index (χ3n) is 1.90. The summed E-state index contributed by atoms with van der Waals surface area (Å²) in [6, 6.07) is 6.47. The van der Waals surface area contributed by atoms with Crippen molar-refractivity contribution in [2.24, 2.45) is 0 Å². The fourth-order valence-corrected chi connectivity index (χ4v) is 1.79. The number of benzene rings is 1. The van der Waals surface area contributed by atoms with E-state index in [0.29, 0.717) is 17.6 Å². The first-order valence-corrected chi connectivity index (χ1v) is 6.22. The Morgan fingerprint density at radius 1 is 1.38 bits per heavy atom. The molecule has 0 spiro atoms. The largest absolute Gasteiger partial charge is 0.493 e. The Labute approximate surface area is 99.8 Å². The lowest BCUT2D eigenvalue weighted by Crippen LogP contribution is -2.03. The molecule has 0 bridgehead atoms. The summed E-state index contributed by atoms with van der Waals surface area (Å²) in [5.74, 6) is 0.745. The Hall–Kier alpha value is -1.16. The molecule has 0 saturated carbocycles. The first-order valence-electron chi connectivity index (χ1n) is 5.17. The van der Waals surface area contributed by atoms with Gasteiger partial charge in [0.25, 0.3) is 0 Å². The van der Waals surface area contributed by atoms with Gasteiger partial charge in [0.15, 0.2) is 0 Å². The summed E-state index contributed by atoms with van der Waals surface area (Å²) < 4.78 is 5.48. The molecule has 0 atom stereocenters. The van der Waals surface area contributed by atoms with Crippen LogP contribution in [0.15, 0.2) is 24.3 Å². The molecule has 0 unspecified atom stereocenters. The topological polar surface area (TPSA) is 46.5 Å². The molecule has 0 saturated heterocycles. The maximum Gasteiger partial charge on any atom is 0.335 e. The van der Waals surface area contributed by atoms with Gasteiger partial charge in [-0.15, -0.1) is 0 Å². The van der Waals surface area contributed by atoms with E-state index in [1.165, 1.54) is 0 Å². The van der Waals surface area contributed by atoms with Crippen LogP contribution < -0.4 is 4.74 Å². The van der Waals surface area contributed by atoms with Crippen LogP contribution in [0, 0.1) is 0 Å². The van der Waals surface area contributed by atoms with Crippen LogP contribution in [0.4, 0.5) is 0 Å². The lowest BCUT2D eigenvalue weighted by Gasteiger charge is -2.07. The summed E-state index contributed by atoms with van der Waals surface area (Å²) >= 11 is 1.84. The lowest BCUT2D eigenvalue weighted by atomic mass is 10.2. The number of thioether (sulfide) groups is 1. The van der Waals surface area contributed by atoms with E-state index in [1.807, 2.05) is 11.8 Å². The van der Waals surface area contributed by atoms with E-state index in [-0.39, 0.29) is 5.56 Å². The van der Waals surface area contributed by atoms with Crippen molar-refractivity contribution in [2.75, 3.05) is 12.4 Å². The number of carboxylic acids is 1. The van der Waals surface area contributed by atoms with Gasteiger partial charge in [-0.05, 0) is 29.5 Å². The number of rotatable bonds is 6. The molecule has 1 rings (SSSR count). The van der Waals surface area contributed by atoms with Crippen molar-refractivity contribution in [1.29, 1.82) is 0 Å². The second kappa shape index (κ2) is 6.43. The zero-order chi connectivity index (χ0) is 12.0. The molecule has 1 aromatic carbocycles. The number of hydrogen-bond acceptors (Lipinski definition) is 3. The highest BCUT2D eigenvalue weighted by Gasteiger charge is 2.02. The molecular formula is C12H16O3S. The Kier molecular flexibility index (Phi) is 5.19. The van der Waals surface area contributed by atoms with Gasteiger partial charge in [-0.1, -0.05) is 13.8 Å². The molecule has 1 aromatic rings. The third kappa shape index (κ3) is 4.57. The van der Waals surface area contributed by atoms with Crippen LogP contribution in [-0.2, 0) is 0 Å². The van der Waals surface area contributed by atoms with E-state index in [4.69, 9.17) is 9.84 Å². The molecule has 0 radical (unpaired) electrons. The molecule has 0 heterocycles. The molecule has 1 N–H and O–H groups in total. The van der Waals surface area contributed by atoms with E-state index in [0.717, 1.165) is 5.75 Å². The third-order valence-corrected chi connectivity index (χ3v) is 2.97. The Morgan fingerprint density at radius 2 is 2.00 bits per heavy atom. The van der Waals surface area contributed by atoms with E-state index in [2.05, 4.69) is 13.8 Å². The van der Waals surface area contributed by atoms with Gasteiger partial charge in [-0.3, -0.25) is 0 Å². The number of carbonyl (C=O) groups is 1. The predicted molar refractivity (Wildman–Crippen MR) is 66.5 cm³/mol. The molecule has 16 heavy (non-hydrogen) atoms. The summed E-state index contributed by atoms with van der Waals surface area (Å²) in [4.78, 5) is 10.6. The van der Waals surface area contributed by atoms with E-state index >= 15 is 0 Å². The summed E-state index contributed by atoms with van der Waals surface area (Å²) in [6.07, 6.45) is 0. The van der Waals surface area contributed by atoms with Crippen LogP contribution in [0.25, 0.3) is 0 Å². The van der Waals surface area contributed by atoms with Gasteiger partial charge in [0.05, 0.1) is 12.2 Å². The molecule has 3 nitrogen and oxygen atoms in total. The number of ether oxygens (including phenoxy) is 1. The van der Waals surface area contributed by atoms with Gasteiger partial charge in [0.2, 0.25) is 0 Å². The smallest absolute Gasteiger partial charge is 0.335 e. The standard InChI is InChI=1S/C12H16O3S/c1-9(2)16-8-7-15-11-5-3-10(4-6-11)12(13)14/h3-6,9H,7-8H2,1-2H3,(H,13,14). The van der Waals surface area contributed by atoms with Gasteiger partial charge in [0.1, 0.15) is 5.75 Å². The van der Waals surface area contributed by atoms with Crippen molar-refractivity contribution in [3.8, 4) is 5.75 Å². The van der Waals surface area contributed by atoms with Crippen molar-refractivity contribution in [3.05, 3.63) is 29.8 Å². The number of carboxylic acid groups (broad SMARTS) is 1. The zero-order valence-corrected chi connectivity index (χ0v) is 10.3. The maximum atomic E-state index is 10.6. The van der Waals surface area contributed by atoms with E-state index < -0.39 is 5.97 Å². The predicted octanol–water partition coefficient (Wildman–Crippen LogP) is 2.91. The van der Waals surface area contributed by atoms with Gasteiger partial charge in [-0.25, -0.2) is 4.79 Å². The van der Waals surface area contributed by atoms with Crippen LogP contribution in [0.5, 0.6) is 5.75 Å².